The van der Waals surface area contributed by atoms with E-state index in [0.29, 0.717) is 0 Å². The van der Waals surface area contributed by atoms with Gasteiger partial charge in [-0.25, -0.2) is 0 Å². The number of carbonyl (C=O) groups excluding carboxylic acids is 1. The van der Waals surface area contributed by atoms with Gasteiger partial charge in [-0.2, -0.15) is 0 Å². The van der Waals surface area contributed by atoms with Crippen LogP contribution in [0.1, 0.15) is 43.5 Å². The summed E-state index contributed by atoms with van der Waals surface area (Å²) >= 11 is 0. The van der Waals surface area contributed by atoms with E-state index in [0.717, 1.165) is 25.1 Å². The zero-order chi connectivity index (χ0) is 12.3. The van der Waals surface area contributed by atoms with Crippen LogP contribution in [0.2, 0.25) is 0 Å². The van der Waals surface area contributed by atoms with Crippen LogP contribution >= 0.6 is 0 Å². The molecule has 1 aromatic rings. The van der Waals surface area contributed by atoms with Crippen LogP contribution in [0.5, 0.6) is 0 Å². The maximum Gasteiger partial charge on any atom is 0.184 e. The Labute approximate surface area is 103 Å². The number of carbonyl (C=O) groups is 1. The minimum atomic E-state index is -0.362. The Morgan fingerprint density at radius 2 is 2.18 bits per heavy atom. The lowest BCUT2D eigenvalue weighted by Gasteiger charge is -2.36. The number of rotatable bonds is 4. The molecule has 1 atom stereocenters. The summed E-state index contributed by atoms with van der Waals surface area (Å²) < 4.78 is 0. The third-order valence-corrected chi connectivity index (χ3v) is 3.91. The summed E-state index contributed by atoms with van der Waals surface area (Å²) in [7, 11) is 0. The molecule has 17 heavy (non-hydrogen) atoms. The Morgan fingerprint density at radius 3 is 2.71 bits per heavy atom. The predicted molar refractivity (Wildman–Crippen MR) is 68.1 cm³/mol. The SMILES string of the molecule is CCC(C)(C(=O)c1cccnc1)N1CCCC1. The van der Waals surface area contributed by atoms with Crippen LogP contribution in [0.3, 0.4) is 0 Å². The molecule has 0 saturated carbocycles. The molecule has 3 heteroatoms. The second-order valence-corrected chi connectivity index (χ2v) is 4.89. The van der Waals surface area contributed by atoms with Gasteiger partial charge < -0.3 is 0 Å². The summed E-state index contributed by atoms with van der Waals surface area (Å²) in [4.78, 5) is 19.0. The van der Waals surface area contributed by atoms with Crippen molar-refractivity contribution >= 4 is 5.78 Å². The van der Waals surface area contributed by atoms with Crippen molar-refractivity contribution in [2.24, 2.45) is 0 Å². The Balaban J connectivity index is 2.25. The number of ketones is 1. The molecule has 0 aromatic carbocycles. The van der Waals surface area contributed by atoms with Crippen molar-refractivity contribution in [3.63, 3.8) is 0 Å². The number of Topliss-reactive ketones (excluding diaryl/α,β-unsaturated/α-hetero) is 1. The van der Waals surface area contributed by atoms with Gasteiger partial charge in [-0.3, -0.25) is 14.7 Å². The van der Waals surface area contributed by atoms with Crippen molar-refractivity contribution < 1.29 is 4.79 Å². The van der Waals surface area contributed by atoms with Crippen LogP contribution in [0.15, 0.2) is 24.5 Å². The van der Waals surface area contributed by atoms with Gasteiger partial charge in [-0.05, 0) is 51.4 Å². The molecule has 1 aromatic heterocycles. The molecular weight excluding hydrogens is 212 g/mol. The van der Waals surface area contributed by atoms with Crippen molar-refractivity contribution in [2.45, 2.75) is 38.6 Å². The molecule has 0 N–H and O–H groups in total. The molecule has 3 nitrogen and oxygen atoms in total. The molecule has 2 heterocycles. The van der Waals surface area contributed by atoms with Crippen LogP contribution in [0.25, 0.3) is 0 Å². The van der Waals surface area contributed by atoms with Gasteiger partial charge in [-0.1, -0.05) is 6.92 Å². The van der Waals surface area contributed by atoms with Crippen LogP contribution in [-0.2, 0) is 0 Å². The first-order chi connectivity index (χ1) is 8.18. The number of likely N-dealkylation sites (tertiary alicyclic amines) is 1. The fourth-order valence-electron chi connectivity index (χ4n) is 2.55. The zero-order valence-corrected chi connectivity index (χ0v) is 10.6. The summed E-state index contributed by atoms with van der Waals surface area (Å²) in [6.45, 7) is 6.23. The number of pyridine rings is 1. The van der Waals surface area contributed by atoms with Gasteiger partial charge in [0.25, 0.3) is 0 Å². The summed E-state index contributed by atoms with van der Waals surface area (Å²) in [5.41, 5.74) is 0.364. The highest BCUT2D eigenvalue weighted by Crippen LogP contribution is 2.28. The Morgan fingerprint density at radius 1 is 1.47 bits per heavy atom. The molecule has 0 aliphatic carbocycles. The van der Waals surface area contributed by atoms with Crippen LogP contribution in [0.4, 0.5) is 0 Å². The molecule has 1 aliphatic heterocycles. The van der Waals surface area contributed by atoms with Crippen LogP contribution in [-0.4, -0.2) is 34.3 Å². The minimum absolute atomic E-state index is 0.204. The van der Waals surface area contributed by atoms with Gasteiger partial charge in [0.15, 0.2) is 5.78 Å². The third kappa shape index (κ3) is 2.25. The number of hydrogen-bond donors (Lipinski definition) is 0. The molecule has 0 bridgehead atoms. The van der Waals surface area contributed by atoms with E-state index in [1.165, 1.54) is 12.8 Å². The van der Waals surface area contributed by atoms with Gasteiger partial charge in [0.05, 0.1) is 5.54 Å². The van der Waals surface area contributed by atoms with E-state index in [2.05, 4.69) is 23.7 Å². The molecule has 1 unspecified atom stereocenters. The van der Waals surface area contributed by atoms with E-state index in [1.807, 2.05) is 12.1 Å². The van der Waals surface area contributed by atoms with Crippen molar-refractivity contribution in [2.75, 3.05) is 13.1 Å². The van der Waals surface area contributed by atoms with Gasteiger partial charge >= 0.3 is 0 Å². The first-order valence-corrected chi connectivity index (χ1v) is 6.38. The first-order valence-electron chi connectivity index (χ1n) is 6.38. The Bertz CT molecular complexity index is 384. The summed E-state index contributed by atoms with van der Waals surface area (Å²) in [5, 5.41) is 0. The Hall–Kier alpha value is -1.22. The van der Waals surface area contributed by atoms with Gasteiger partial charge in [0.1, 0.15) is 0 Å². The molecular formula is C14H20N2O. The van der Waals surface area contributed by atoms with Crippen molar-refractivity contribution in [3.8, 4) is 0 Å². The van der Waals surface area contributed by atoms with Crippen LogP contribution in [0, 0.1) is 0 Å². The second kappa shape index (κ2) is 4.96. The van der Waals surface area contributed by atoms with Gasteiger partial charge in [0.2, 0.25) is 0 Å². The van der Waals surface area contributed by atoms with E-state index >= 15 is 0 Å². The number of aromatic nitrogens is 1. The fourth-order valence-corrected chi connectivity index (χ4v) is 2.55. The smallest absolute Gasteiger partial charge is 0.184 e. The summed E-state index contributed by atoms with van der Waals surface area (Å²) in [6.07, 6.45) is 6.63. The molecule has 2 rings (SSSR count). The molecule has 92 valence electrons. The third-order valence-electron chi connectivity index (χ3n) is 3.91. The topological polar surface area (TPSA) is 33.2 Å². The quantitative estimate of drug-likeness (QED) is 0.748. The standard InChI is InChI=1S/C14H20N2O/c1-3-14(2,16-9-4-5-10-16)13(17)12-7-6-8-15-11-12/h6-8,11H,3-5,9-10H2,1-2H3. The molecule has 1 fully saturated rings. The van der Waals surface area contributed by atoms with Crippen molar-refractivity contribution in [1.29, 1.82) is 0 Å². The first kappa shape index (κ1) is 12.2. The molecule has 0 radical (unpaired) electrons. The van der Waals surface area contributed by atoms with Crippen LogP contribution < -0.4 is 0 Å². The van der Waals surface area contributed by atoms with Gasteiger partial charge in [0, 0.05) is 18.0 Å². The normalized spacial score (nSPS) is 20.1. The van der Waals surface area contributed by atoms with Gasteiger partial charge in [-0.15, -0.1) is 0 Å². The van der Waals surface area contributed by atoms with E-state index in [9.17, 15) is 4.79 Å². The van der Waals surface area contributed by atoms with E-state index in [-0.39, 0.29) is 11.3 Å². The summed E-state index contributed by atoms with van der Waals surface area (Å²) in [5.74, 6) is 0.204. The maximum atomic E-state index is 12.6. The lowest BCUT2D eigenvalue weighted by Crippen LogP contribution is -2.50. The fraction of sp³-hybridized carbons (Fsp3) is 0.571. The average molecular weight is 232 g/mol. The molecule has 0 spiro atoms. The van der Waals surface area contributed by atoms with Crippen molar-refractivity contribution in [3.05, 3.63) is 30.1 Å². The van der Waals surface area contributed by atoms with E-state index < -0.39 is 0 Å². The average Bonchev–Trinajstić information content (AvgIpc) is 2.92. The highest BCUT2D eigenvalue weighted by Gasteiger charge is 2.39. The van der Waals surface area contributed by atoms with Crippen molar-refractivity contribution in [1.82, 2.24) is 9.88 Å². The highest BCUT2D eigenvalue weighted by atomic mass is 16.1. The number of nitrogens with zero attached hydrogens (tertiary/aromatic N) is 2. The zero-order valence-electron chi connectivity index (χ0n) is 10.6. The minimum Gasteiger partial charge on any atom is -0.292 e. The lowest BCUT2D eigenvalue weighted by molar-refractivity contribution is 0.0647. The Kier molecular flexibility index (Phi) is 3.57. The van der Waals surface area contributed by atoms with E-state index in [1.54, 1.807) is 12.4 Å². The monoisotopic (exact) mass is 232 g/mol. The van der Waals surface area contributed by atoms with E-state index in [4.69, 9.17) is 0 Å². The number of hydrogen-bond acceptors (Lipinski definition) is 3. The second-order valence-electron chi connectivity index (χ2n) is 4.89. The maximum absolute atomic E-state index is 12.6. The molecule has 1 saturated heterocycles. The largest absolute Gasteiger partial charge is 0.292 e. The lowest BCUT2D eigenvalue weighted by atomic mass is 9.87. The highest BCUT2D eigenvalue weighted by molar-refractivity contribution is 6.02. The summed E-state index contributed by atoms with van der Waals surface area (Å²) in [6, 6.07) is 3.69. The predicted octanol–water partition coefficient (Wildman–Crippen LogP) is 2.53. The molecule has 0 amide bonds. The molecule has 1 aliphatic rings.